The third kappa shape index (κ3) is 3.75. The molecular formula is C13H12ClNO4S2. The van der Waals surface area contributed by atoms with Crippen LogP contribution in [0, 0.1) is 6.92 Å². The van der Waals surface area contributed by atoms with Crippen LogP contribution in [0.15, 0.2) is 58.3 Å². The molecule has 0 aromatic heterocycles. The molecule has 1 N–H and O–H groups in total. The van der Waals surface area contributed by atoms with Gasteiger partial charge in [-0.3, -0.25) is 4.72 Å². The number of nitrogens with one attached hydrogen (secondary N) is 1. The minimum Gasteiger partial charge on any atom is -0.279 e. The van der Waals surface area contributed by atoms with Crippen LogP contribution in [-0.2, 0) is 19.1 Å². The maximum Gasteiger partial charge on any atom is 0.261 e. The SMILES string of the molecule is Cc1cc(S(=O)(=O)Cl)ccc1NS(=O)(=O)c1ccccc1. The predicted molar refractivity (Wildman–Crippen MR) is 81.5 cm³/mol. The topological polar surface area (TPSA) is 80.3 Å². The Morgan fingerprint density at radius 2 is 1.52 bits per heavy atom. The molecule has 8 heteroatoms. The van der Waals surface area contributed by atoms with E-state index in [1.54, 1.807) is 25.1 Å². The third-order valence-electron chi connectivity index (χ3n) is 2.78. The van der Waals surface area contributed by atoms with Gasteiger partial charge in [-0.05, 0) is 42.8 Å². The summed E-state index contributed by atoms with van der Waals surface area (Å²) < 4.78 is 49.2. The van der Waals surface area contributed by atoms with Crippen LogP contribution in [0.3, 0.4) is 0 Å². The van der Waals surface area contributed by atoms with Crippen LogP contribution >= 0.6 is 10.7 Å². The van der Waals surface area contributed by atoms with E-state index in [-0.39, 0.29) is 9.79 Å². The van der Waals surface area contributed by atoms with Crippen molar-refractivity contribution in [2.45, 2.75) is 16.7 Å². The molecule has 112 valence electrons. The molecule has 0 amide bonds. The zero-order valence-electron chi connectivity index (χ0n) is 10.9. The van der Waals surface area contributed by atoms with Crippen LogP contribution < -0.4 is 4.72 Å². The molecule has 0 bridgehead atoms. The predicted octanol–water partition coefficient (Wildman–Crippen LogP) is 2.72. The van der Waals surface area contributed by atoms with E-state index in [0.717, 1.165) is 0 Å². The van der Waals surface area contributed by atoms with Crippen molar-refractivity contribution in [2.75, 3.05) is 4.72 Å². The van der Waals surface area contributed by atoms with Gasteiger partial charge in [0.25, 0.3) is 19.1 Å². The molecule has 21 heavy (non-hydrogen) atoms. The zero-order chi connectivity index (χ0) is 15.7. The highest BCUT2D eigenvalue weighted by Crippen LogP contribution is 2.24. The molecule has 0 aliphatic heterocycles. The smallest absolute Gasteiger partial charge is 0.261 e. The fourth-order valence-corrected chi connectivity index (χ4v) is 3.69. The van der Waals surface area contributed by atoms with Crippen molar-refractivity contribution in [2.24, 2.45) is 0 Å². The van der Waals surface area contributed by atoms with Crippen molar-refractivity contribution >= 4 is 35.4 Å². The summed E-state index contributed by atoms with van der Waals surface area (Å²) in [5, 5.41) is 0. The quantitative estimate of drug-likeness (QED) is 0.864. The van der Waals surface area contributed by atoms with Gasteiger partial charge in [0.05, 0.1) is 15.5 Å². The molecule has 0 saturated carbocycles. The molecule has 2 aromatic carbocycles. The van der Waals surface area contributed by atoms with Gasteiger partial charge in [0.2, 0.25) is 0 Å². The van der Waals surface area contributed by atoms with Gasteiger partial charge in [-0.15, -0.1) is 0 Å². The van der Waals surface area contributed by atoms with Crippen LogP contribution in [-0.4, -0.2) is 16.8 Å². The van der Waals surface area contributed by atoms with E-state index < -0.39 is 19.1 Å². The summed E-state index contributed by atoms with van der Waals surface area (Å²) in [4.78, 5) is 0.0442. The minimum atomic E-state index is -3.84. The Morgan fingerprint density at radius 1 is 0.905 bits per heavy atom. The number of hydrogen-bond donors (Lipinski definition) is 1. The lowest BCUT2D eigenvalue weighted by Crippen LogP contribution is -2.13. The van der Waals surface area contributed by atoms with Crippen LogP contribution in [0.4, 0.5) is 5.69 Å². The average molecular weight is 346 g/mol. The van der Waals surface area contributed by atoms with Crippen molar-refractivity contribution in [1.29, 1.82) is 0 Å². The molecule has 0 heterocycles. The van der Waals surface area contributed by atoms with E-state index in [1.165, 1.54) is 30.3 Å². The van der Waals surface area contributed by atoms with Gasteiger partial charge in [0.1, 0.15) is 0 Å². The number of anilines is 1. The first kappa shape index (κ1) is 15.8. The molecule has 0 aliphatic carbocycles. The second-order valence-electron chi connectivity index (χ2n) is 4.33. The van der Waals surface area contributed by atoms with Gasteiger partial charge in [-0.2, -0.15) is 0 Å². The largest absolute Gasteiger partial charge is 0.279 e. The van der Waals surface area contributed by atoms with E-state index in [9.17, 15) is 16.8 Å². The maximum absolute atomic E-state index is 12.2. The van der Waals surface area contributed by atoms with Crippen LogP contribution in [0.2, 0.25) is 0 Å². The number of aryl methyl sites for hydroxylation is 1. The molecule has 0 aliphatic rings. The molecule has 0 radical (unpaired) electrons. The van der Waals surface area contributed by atoms with E-state index in [4.69, 9.17) is 10.7 Å². The number of halogens is 1. The summed E-state index contributed by atoms with van der Waals surface area (Å²) in [7, 11) is -2.31. The van der Waals surface area contributed by atoms with Gasteiger partial charge >= 0.3 is 0 Å². The summed E-state index contributed by atoms with van der Waals surface area (Å²) in [6.07, 6.45) is 0. The first-order valence-corrected chi connectivity index (χ1v) is 9.62. The maximum atomic E-state index is 12.2. The first-order chi connectivity index (χ1) is 9.70. The van der Waals surface area contributed by atoms with Crippen LogP contribution in [0.5, 0.6) is 0 Å². The van der Waals surface area contributed by atoms with Gasteiger partial charge in [0, 0.05) is 10.7 Å². The van der Waals surface area contributed by atoms with Crippen molar-refractivity contribution < 1.29 is 16.8 Å². The summed E-state index contributed by atoms with van der Waals surface area (Å²) in [5.74, 6) is 0. The molecule has 5 nitrogen and oxygen atoms in total. The molecule has 0 saturated heterocycles. The summed E-state index contributed by atoms with van der Waals surface area (Å²) >= 11 is 0. The minimum absolute atomic E-state index is 0.0793. The lowest BCUT2D eigenvalue weighted by molar-refractivity contribution is 0.601. The van der Waals surface area contributed by atoms with Gasteiger partial charge in [0.15, 0.2) is 0 Å². The van der Waals surface area contributed by atoms with E-state index in [2.05, 4.69) is 4.72 Å². The van der Waals surface area contributed by atoms with Crippen molar-refractivity contribution in [1.82, 2.24) is 0 Å². The fraction of sp³-hybridized carbons (Fsp3) is 0.0769. The van der Waals surface area contributed by atoms with Gasteiger partial charge in [-0.25, -0.2) is 16.8 Å². The molecule has 0 atom stereocenters. The summed E-state index contributed by atoms with van der Waals surface area (Å²) in [6, 6.07) is 11.8. The van der Waals surface area contributed by atoms with Gasteiger partial charge in [-0.1, -0.05) is 18.2 Å². The second-order valence-corrected chi connectivity index (χ2v) is 8.58. The third-order valence-corrected chi connectivity index (χ3v) is 5.51. The van der Waals surface area contributed by atoms with E-state index in [0.29, 0.717) is 11.3 Å². The number of benzene rings is 2. The highest BCUT2D eigenvalue weighted by molar-refractivity contribution is 8.13. The normalized spacial score (nSPS) is 12.1. The Morgan fingerprint density at radius 3 is 2.05 bits per heavy atom. The van der Waals surface area contributed by atoms with Crippen LogP contribution in [0.1, 0.15) is 5.56 Å². The number of hydrogen-bond acceptors (Lipinski definition) is 4. The van der Waals surface area contributed by atoms with Gasteiger partial charge < -0.3 is 0 Å². The lowest BCUT2D eigenvalue weighted by atomic mass is 10.2. The highest BCUT2D eigenvalue weighted by Gasteiger charge is 2.16. The average Bonchev–Trinajstić information content (AvgIpc) is 2.41. The van der Waals surface area contributed by atoms with Crippen molar-refractivity contribution in [3.05, 3.63) is 54.1 Å². The Kier molecular flexibility index (Phi) is 4.27. The molecule has 0 fully saturated rings. The molecule has 2 rings (SSSR count). The molecule has 2 aromatic rings. The zero-order valence-corrected chi connectivity index (χ0v) is 13.3. The monoisotopic (exact) mass is 345 g/mol. The van der Waals surface area contributed by atoms with Crippen molar-refractivity contribution in [3.63, 3.8) is 0 Å². The fourth-order valence-electron chi connectivity index (χ4n) is 1.71. The highest BCUT2D eigenvalue weighted by atomic mass is 35.7. The van der Waals surface area contributed by atoms with E-state index in [1.807, 2.05) is 0 Å². The second kappa shape index (κ2) is 5.67. The summed E-state index contributed by atoms with van der Waals surface area (Å²) in [5.41, 5.74) is 0.749. The molecule has 0 spiro atoms. The standard InChI is InChI=1S/C13H12ClNO4S2/c1-10-9-12(20(14,16)17)7-8-13(10)15-21(18,19)11-5-3-2-4-6-11/h2-9,15H,1H3. The Hall–Kier alpha value is -1.57. The number of rotatable bonds is 4. The summed E-state index contributed by atoms with van der Waals surface area (Å²) in [6.45, 7) is 1.59. The Bertz CT molecular complexity index is 862. The first-order valence-electron chi connectivity index (χ1n) is 5.83. The molecule has 0 unspecified atom stereocenters. The van der Waals surface area contributed by atoms with E-state index >= 15 is 0 Å². The Balaban J connectivity index is 2.37. The lowest BCUT2D eigenvalue weighted by Gasteiger charge is -2.11. The van der Waals surface area contributed by atoms with Crippen LogP contribution in [0.25, 0.3) is 0 Å². The number of sulfonamides is 1. The Labute approximate surface area is 128 Å². The van der Waals surface area contributed by atoms with Crippen molar-refractivity contribution in [3.8, 4) is 0 Å². The molecular weight excluding hydrogens is 334 g/mol.